The molecule has 0 saturated heterocycles. The summed E-state index contributed by atoms with van der Waals surface area (Å²) in [5, 5.41) is 0. The molecule has 0 spiro atoms. The summed E-state index contributed by atoms with van der Waals surface area (Å²) in [5.41, 5.74) is 2.56. The van der Waals surface area contributed by atoms with Crippen LogP contribution in [0.1, 0.15) is 24.5 Å². The van der Waals surface area contributed by atoms with Crippen molar-refractivity contribution in [3.63, 3.8) is 0 Å². The molecular formula is C13H21NO. The Kier molecular flexibility index (Phi) is 4.63. The first kappa shape index (κ1) is 12.1. The van der Waals surface area contributed by atoms with Gasteiger partial charge >= 0.3 is 0 Å². The quantitative estimate of drug-likeness (QED) is 0.736. The van der Waals surface area contributed by atoms with E-state index in [4.69, 9.17) is 4.74 Å². The highest BCUT2D eigenvalue weighted by Crippen LogP contribution is 2.21. The monoisotopic (exact) mass is 207 g/mol. The largest absolute Gasteiger partial charge is 0.493 e. The maximum Gasteiger partial charge on any atom is 0.123 e. The summed E-state index contributed by atoms with van der Waals surface area (Å²) in [4.78, 5) is 2.16. The van der Waals surface area contributed by atoms with Gasteiger partial charge < -0.3 is 9.64 Å². The van der Waals surface area contributed by atoms with E-state index < -0.39 is 0 Å². The van der Waals surface area contributed by atoms with Crippen LogP contribution in [0.3, 0.4) is 0 Å². The first-order valence-electron chi connectivity index (χ1n) is 5.50. The lowest BCUT2D eigenvalue weighted by molar-refractivity contribution is 0.306. The molecule has 15 heavy (non-hydrogen) atoms. The first-order valence-corrected chi connectivity index (χ1v) is 5.50. The Balaban J connectivity index is 2.82. The highest BCUT2D eigenvalue weighted by Gasteiger charge is 2.04. The topological polar surface area (TPSA) is 12.5 Å². The van der Waals surface area contributed by atoms with Crippen molar-refractivity contribution in [1.29, 1.82) is 0 Å². The third-order valence-electron chi connectivity index (χ3n) is 2.16. The Morgan fingerprint density at radius 1 is 1.27 bits per heavy atom. The molecule has 1 aromatic rings. The number of rotatable bonds is 5. The molecule has 0 radical (unpaired) electrons. The SMILES string of the molecule is CCCOc1ccc(C)cc1CN(C)C. The predicted molar refractivity (Wildman–Crippen MR) is 64.4 cm³/mol. The van der Waals surface area contributed by atoms with Crippen molar-refractivity contribution < 1.29 is 4.74 Å². The van der Waals surface area contributed by atoms with Gasteiger partial charge in [0.1, 0.15) is 5.75 Å². The molecule has 2 nitrogen and oxygen atoms in total. The van der Waals surface area contributed by atoms with Gasteiger partial charge in [0, 0.05) is 12.1 Å². The molecule has 0 aliphatic carbocycles. The molecule has 0 atom stereocenters. The summed E-state index contributed by atoms with van der Waals surface area (Å²) in [7, 11) is 4.15. The van der Waals surface area contributed by atoms with Crippen LogP contribution in [0, 0.1) is 6.92 Å². The lowest BCUT2D eigenvalue weighted by Crippen LogP contribution is -2.12. The third kappa shape index (κ3) is 3.92. The van der Waals surface area contributed by atoms with Crippen LogP contribution in [0.25, 0.3) is 0 Å². The van der Waals surface area contributed by atoms with Crippen LogP contribution in [-0.4, -0.2) is 25.6 Å². The normalized spacial score (nSPS) is 10.7. The standard InChI is InChI=1S/C13H21NO/c1-5-8-15-13-7-6-11(2)9-12(13)10-14(3)4/h6-7,9H,5,8,10H2,1-4H3. The van der Waals surface area contributed by atoms with Crippen molar-refractivity contribution in [2.75, 3.05) is 20.7 Å². The van der Waals surface area contributed by atoms with E-state index in [1.165, 1.54) is 11.1 Å². The van der Waals surface area contributed by atoms with Crippen LogP contribution in [0.4, 0.5) is 0 Å². The van der Waals surface area contributed by atoms with Crippen molar-refractivity contribution in [2.45, 2.75) is 26.8 Å². The summed E-state index contributed by atoms with van der Waals surface area (Å²) in [6.45, 7) is 5.97. The van der Waals surface area contributed by atoms with Crippen molar-refractivity contribution in [3.8, 4) is 5.75 Å². The van der Waals surface area contributed by atoms with Crippen LogP contribution in [0.15, 0.2) is 18.2 Å². The van der Waals surface area contributed by atoms with Crippen LogP contribution < -0.4 is 4.74 Å². The van der Waals surface area contributed by atoms with E-state index in [1.807, 2.05) is 0 Å². The second-order valence-corrected chi connectivity index (χ2v) is 4.20. The molecule has 0 aromatic heterocycles. The van der Waals surface area contributed by atoms with E-state index in [2.05, 4.69) is 51.0 Å². The van der Waals surface area contributed by atoms with Gasteiger partial charge in [-0.05, 0) is 33.5 Å². The molecule has 0 saturated carbocycles. The van der Waals surface area contributed by atoms with Crippen LogP contribution in [0.2, 0.25) is 0 Å². The van der Waals surface area contributed by atoms with Gasteiger partial charge in [0.25, 0.3) is 0 Å². The zero-order chi connectivity index (χ0) is 11.3. The van der Waals surface area contributed by atoms with Gasteiger partial charge in [-0.25, -0.2) is 0 Å². The van der Waals surface area contributed by atoms with Gasteiger partial charge in [0.2, 0.25) is 0 Å². The predicted octanol–water partition coefficient (Wildman–Crippen LogP) is 2.85. The molecule has 0 fully saturated rings. The smallest absolute Gasteiger partial charge is 0.123 e. The number of nitrogens with zero attached hydrogens (tertiary/aromatic N) is 1. The molecule has 1 rings (SSSR count). The minimum atomic E-state index is 0.795. The molecule has 0 aliphatic rings. The second-order valence-electron chi connectivity index (χ2n) is 4.20. The van der Waals surface area contributed by atoms with E-state index in [9.17, 15) is 0 Å². The van der Waals surface area contributed by atoms with Crippen LogP contribution in [0.5, 0.6) is 5.75 Å². The van der Waals surface area contributed by atoms with Crippen molar-refractivity contribution in [2.24, 2.45) is 0 Å². The molecule has 0 bridgehead atoms. The first-order chi connectivity index (χ1) is 7.13. The van der Waals surface area contributed by atoms with Gasteiger partial charge in [-0.1, -0.05) is 24.6 Å². The van der Waals surface area contributed by atoms with E-state index in [0.29, 0.717) is 0 Å². The average molecular weight is 207 g/mol. The zero-order valence-corrected chi connectivity index (χ0v) is 10.2. The van der Waals surface area contributed by atoms with E-state index in [-0.39, 0.29) is 0 Å². The van der Waals surface area contributed by atoms with Gasteiger partial charge in [-0.15, -0.1) is 0 Å². The van der Waals surface area contributed by atoms with E-state index in [0.717, 1.165) is 25.3 Å². The molecule has 84 valence electrons. The highest BCUT2D eigenvalue weighted by molar-refractivity contribution is 5.36. The number of aryl methyl sites for hydroxylation is 1. The number of benzene rings is 1. The van der Waals surface area contributed by atoms with Gasteiger partial charge in [-0.2, -0.15) is 0 Å². The van der Waals surface area contributed by atoms with Gasteiger partial charge in [-0.3, -0.25) is 0 Å². The number of hydrogen-bond acceptors (Lipinski definition) is 2. The number of ether oxygens (including phenoxy) is 1. The summed E-state index contributed by atoms with van der Waals surface area (Å²) in [6, 6.07) is 6.37. The summed E-state index contributed by atoms with van der Waals surface area (Å²) < 4.78 is 5.72. The fraction of sp³-hybridized carbons (Fsp3) is 0.538. The lowest BCUT2D eigenvalue weighted by Gasteiger charge is -2.15. The molecule has 0 unspecified atom stereocenters. The Morgan fingerprint density at radius 3 is 2.60 bits per heavy atom. The maximum atomic E-state index is 5.72. The molecule has 1 aromatic carbocycles. The molecule has 0 amide bonds. The fourth-order valence-corrected chi connectivity index (χ4v) is 1.53. The minimum absolute atomic E-state index is 0.795. The second kappa shape index (κ2) is 5.76. The molecule has 0 aliphatic heterocycles. The average Bonchev–Trinajstić information content (AvgIpc) is 2.16. The summed E-state index contributed by atoms with van der Waals surface area (Å²) >= 11 is 0. The molecule has 2 heteroatoms. The molecule has 0 N–H and O–H groups in total. The van der Waals surface area contributed by atoms with Gasteiger partial charge in [0.05, 0.1) is 6.61 Å². The lowest BCUT2D eigenvalue weighted by atomic mass is 10.1. The highest BCUT2D eigenvalue weighted by atomic mass is 16.5. The summed E-state index contributed by atoms with van der Waals surface area (Å²) in [5.74, 6) is 1.02. The minimum Gasteiger partial charge on any atom is -0.493 e. The van der Waals surface area contributed by atoms with E-state index in [1.54, 1.807) is 0 Å². The van der Waals surface area contributed by atoms with E-state index >= 15 is 0 Å². The Hall–Kier alpha value is -1.02. The maximum absolute atomic E-state index is 5.72. The van der Waals surface area contributed by atoms with Crippen LogP contribution in [-0.2, 0) is 6.54 Å². The third-order valence-corrected chi connectivity index (χ3v) is 2.16. The molecular weight excluding hydrogens is 186 g/mol. The van der Waals surface area contributed by atoms with Crippen molar-refractivity contribution in [3.05, 3.63) is 29.3 Å². The number of hydrogen-bond donors (Lipinski definition) is 0. The summed E-state index contributed by atoms with van der Waals surface area (Å²) in [6.07, 6.45) is 1.05. The van der Waals surface area contributed by atoms with Gasteiger partial charge in [0.15, 0.2) is 0 Å². The van der Waals surface area contributed by atoms with Crippen LogP contribution >= 0.6 is 0 Å². The Morgan fingerprint density at radius 2 is 2.00 bits per heavy atom. The Labute approximate surface area is 92.9 Å². The van der Waals surface area contributed by atoms with Crippen molar-refractivity contribution >= 4 is 0 Å². The Bertz CT molecular complexity index is 307. The fourth-order valence-electron chi connectivity index (χ4n) is 1.53. The van der Waals surface area contributed by atoms with Crippen molar-refractivity contribution in [1.82, 2.24) is 4.90 Å². The molecule has 0 heterocycles. The zero-order valence-electron chi connectivity index (χ0n) is 10.2.